The summed E-state index contributed by atoms with van der Waals surface area (Å²) < 4.78 is 0. The number of aromatic nitrogens is 2. The predicted octanol–water partition coefficient (Wildman–Crippen LogP) is 1.97. The molecular formula is C9H13N3S2. The van der Waals surface area contributed by atoms with E-state index in [0.29, 0.717) is 16.3 Å². The van der Waals surface area contributed by atoms with Gasteiger partial charge in [-0.15, -0.1) is 11.8 Å². The van der Waals surface area contributed by atoms with Gasteiger partial charge in [0.05, 0.1) is 5.25 Å². The fourth-order valence-electron chi connectivity index (χ4n) is 1.44. The number of nitrogens with zero attached hydrogens (tertiary/aromatic N) is 2. The first-order valence-electron chi connectivity index (χ1n) is 4.59. The largest absolute Gasteiger partial charge is 0.384 e. The molecular weight excluding hydrogens is 214 g/mol. The van der Waals surface area contributed by atoms with E-state index in [0.717, 1.165) is 5.82 Å². The van der Waals surface area contributed by atoms with Gasteiger partial charge in [-0.2, -0.15) is 11.8 Å². The molecule has 0 amide bonds. The van der Waals surface area contributed by atoms with Crippen LogP contribution in [0.15, 0.2) is 12.3 Å². The number of rotatable bonds is 1. The van der Waals surface area contributed by atoms with E-state index in [1.807, 2.05) is 23.5 Å². The third kappa shape index (κ3) is 2.15. The lowest BCUT2D eigenvalue weighted by molar-refractivity contribution is 0.826. The highest BCUT2D eigenvalue weighted by Gasteiger charge is 2.26. The van der Waals surface area contributed by atoms with Crippen LogP contribution in [0.5, 0.6) is 0 Å². The van der Waals surface area contributed by atoms with Gasteiger partial charge in [0, 0.05) is 23.0 Å². The molecule has 0 spiro atoms. The summed E-state index contributed by atoms with van der Waals surface area (Å²) in [6, 6.07) is 1.73. The molecule has 3 nitrogen and oxygen atoms in total. The second-order valence-corrected chi connectivity index (χ2v) is 5.94. The summed E-state index contributed by atoms with van der Waals surface area (Å²) >= 11 is 3.92. The minimum atomic E-state index is 0.400. The highest BCUT2D eigenvalue weighted by Crippen LogP contribution is 2.40. The van der Waals surface area contributed by atoms with E-state index in [-0.39, 0.29) is 0 Å². The Labute approximate surface area is 92.3 Å². The Kier molecular flexibility index (Phi) is 3.18. The third-order valence-corrected chi connectivity index (χ3v) is 5.22. The van der Waals surface area contributed by atoms with Gasteiger partial charge in [0.25, 0.3) is 0 Å². The molecule has 2 unspecified atom stereocenters. The van der Waals surface area contributed by atoms with Crippen molar-refractivity contribution in [2.24, 2.45) is 0 Å². The summed E-state index contributed by atoms with van der Waals surface area (Å²) in [6.45, 7) is 2.23. The summed E-state index contributed by atoms with van der Waals surface area (Å²) in [6.07, 6.45) is 1.74. The molecule has 0 aliphatic carbocycles. The van der Waals surface area contributed by atoms with Gasteiger partial charge in [-0.3, -0.25) is 0 Å². The molecule has 0 bridgehead atoms. The van der Waals surface area contributed by atoms with Gasteiger partial charge in [-0.1, -0.05) is 6.92 Å². The van der Waals surface area contributed by atoms with Crippen molar-refractivity contribution in [2.45, 2.75) is 17.4 Å². The smallest absolute Gasteiger partial charge is 0.144 e. The van der Waals surface area contributed by atoms with E-state index in [4.69, 9.17) is 5.73 Å². The van der Waals surface area contributed by atoms with Crippen molar-refractivity contribution in [1.82, 2.24) is 9.97 Å². The fourth-order valence-corrected chi connectivity index (χ4v) is 4.14. The number of nitrogen functional groups attached to an aromatic ring is 1. The van der Waals surface area contributed by atoms with E-state index < -0.39 is 0 Å². The number of anilines is 1. The van der Waals surface area contributed by atoms with E-state index in [1.54, 1.807) is 12.3 Å². The average Bonchev–Trinajstić information content (AvgIpc) is 2.18. The third-order valence-electron chi connectivity index (χ3n) is 2.14. The highest BCUT2D eigenvalue weighted by atomic mass is 32.2. The van der Waals surface area contributed by atoms with E-state index in [2.05, 4.69) is 16.9 Å². The van der Waals surface area contributed by atoms with Gasteiger partial charge in [0.2, 0.25) is 0 Å². The normalized spacial score (nSPS) is 27.5. The number of hydrogen-bond donors (Lipinski definition) is 1. The molecule has 1 aliphatic heterocycles. The summed E-state index contributed by atoms with van der Waals surface area (Å²) in [5.41, 5.74) is 5.64. The van der Waals surface area contributed by atoms with Crippen molar-refractivity contribution in [2.75, 3.05) is 17.2 Å². The zero-order valence-electron chi connectivity index (χ0n) is 8.01. The van der Waals surface area contributed by atoms with Crippen LogP contribution in [0.3, 0.4) is 0 Å². The van der Waals surface area contributed by atoms with Crippen LogP contribution in [-0.2, 0) is 0 Å². The van der Waals surface area contributed by atoms with Crippen molar-refractivity contribution in [3.05, 3.63) is 18.1 Å². The molecule has 0 aromatic carbocycles. The molecule has 1 aromatic rings. The van der Waals surface area contributed by atoms with Crippen LogP contribution in [0.1, 0.15) is 18.0 Å². The Bertz CT molecular complexity index is 319. The second kappa shape index (κ2) is 4.40. The van der Waals surface area contributed by atoms with Crippen LogP contribution >= 0.6 is 23.5 Å². The Morgan fingerprint density at radius 2 is 2.21 bits per heavy atom. The SMILES string of the molecule is CC1SCCSC1c1nccc(N)n1. The molecule has 1 saturated heterocycles. The Morgan fingerprint density at radius 3 is 2.93 bits per heavy atom. The maximum absolute atomic E-state index is 5.64. The summed E-state index contributed by atoms with van der Waals surface area (Å²) in [7, 11) is 0. The van der Waals surface area contributed by atoms with Crippen LogP contribution in [0.4, 0.5) is 5.82 Å². The quantitative estimate of drug-likeness (QED) is 0.795. The van der Waals surface area contributed by atoms with Crippen LogP contribution in [0, 0.1) is 0 Å². The van der Waals surface area contributed by atoms with Crippen LogP contribution in [0.2, 0.25) is 0 Å². The average molecular weight is 227 g/mol. The number of nitrogens with two attached hydrogens (primary N) is 1. The van der Waals surface area contributed by atoms with Crippen molar-refractivity contribution in [3.8, 4) is 0 Å². The van der Waals surface area contributed by atoms with Crippen LogP contribution in [-0.4, -0.2) is 26.7 Å². The number of hydrogen-bond acceptors (Lipinski definition) is 5. The molecule has 2 heterocycles. The standard InChI is InChI=1S/C9H13N3S2/c1-6-8(14-5-4-13-6)9-11-3-2-7(10)12-9/h2-3,6,8H,4-5H2,1H3,(H2,10,11,12). The summed E-state index contributed by atoms with van der Waals surface area (Å²) in [5.74, 6) is 3.86. The first-order valence-corrected chi connectivity index (χ1v) is 6.69. The molecule has 5 heteroatoms. The first kappa shape index (κ1) is 10.1. The van der Waals surface area contributed by atoms with Crippen molar-refractivity contribution in [1.29, 1.82) is 0 Å². The Balaban J connectivity index is 2.20. The second-order valence-electron chi connectivity index (χ2n) is 3.21. The predicted molar refractivity (Wildman–Crippen MR) is 63.6 cm³/mol. The Morgan fingerprint density at radius 1 is 1.43 bits per heavy atom. The molecule has 1 aromatic heterocycles. The highest BCUT2D eigenvalue weighted by molar-refractivity contribution is 8.06. The molecule has 14 heavy (non-hydrogen) atoms. The summed E-state index contributed by atoms with van der Waals surface area (Å²) in [5, 5.41) is 0.979. The van der Waals surface area contributed by atoms with Gasteiger partial charge in [-0.25, -0.2) is 9.97 Å². The monoisotopic (exact) mass is 227 g/mol. The zero-order chi connectivity index (χ0) is 9.97. The lowest BCUT2D eigenvalue weighted by Gasteiger charge is -2.26. The minimum Gasteiger partial charge on any atom is -0.384 e. The van der Waals surface area contributed by atoms with Crippen molar-refractivity contribution in [3.63, 3.8) is 0 Å². The minimum absolute atomic E-state index is 0.400. The molecule has 2 atom stereocenters. The molecule has 0 saturated carbocycles. The van der Waals surface area contributed by atoms with E-state index in [1.165, 1.54) is 11.5 Å². The van der Waals surface area contributed by atoms with E-state index >= 15 is 0 Å². The van der Waals surface area contributed by atoms with Crippen LogP contribution < -0.4 is 5.73 Å². The topological polar surface area (TPSA) is 51.8 Å². The van der Waals surface area contributed by atoms with Gasteiger partial charge < -0.3 is 5.73 Å². The molecule has 2 N–H and O–H groups in total. The number of thioether (sulfide) groups is 2. The molecule has 2 rings (SSSR count). The molecule has 76 valence electrons. The van der Waals surface area contributed by atoms with Gasteiger partial charge in [0.1, 0.15) is 11.6 Å². The van der Waals surface area contributed by atoms with Crippen LogP contribution in [0.25, 0.3) is 0 Å². The zero-order valence-corrected chi connectivity index (χ0v) is 9.64. The lowest BCUT2D eigenvalue weighted by atomic mass is 10.3. The molecule has 0 radical (unpaired) electrons. The van der Waals surface area contributed by atoms with Gasteiger partial charge in [-0.05, 0) is 6.07 Å². The maximum Gasteiger partial charge on any atom is 0.144 e. The van der Waals surface area contributed by atoms with Gasteiger partial charge in [0.15, 0.2) is 0 Å². The lowest BCUT2D eigenvalue weighted by Crippen LogP contribution is -2.18. The Hall–Kier alpha value is -0.420. The fraction of sp³-hybridized carbons (Fsp3) is 0.556. The maximum atomic E-state index is 5.64. The molecule has 1 aliphatic rings. The van der Waals surface area contributed by atoms with Crippen molar-refractivity contribution >= 4 is 29.3 Å². The van der Waals surface area contributed by atoms with E-state index in [9.17, 15) is 0 Å². The summed E-state index contributed by atoms with van der Waals surface area (Å²) in [4.78, 5) is 8.57. The van der Waals surface area contributed by atoms with Crippen molar-refractivity contribution < 1.29 is 0 Å². The first-order chi connectivity index (χ1) is 6.77. The van der Waals surface area contributed by atoms with Gasteiger partial charge >= 0.3 is 0 Å². The molecule has 1 fully saturated rings.